The number of hydrogen-bond donors (Lipinski definition) is 1. The molecule has 4 rings (SSSR count). The maximum absolute atomic E-state index is 12.2. The Morgan fingerprint density at radius 1 is 1.33 bits per heavy atom. The molecule has 4 heterocycles. The van der Waals surface area contributed by atoms with Crippen molar-refractivity contribution in [2.24, 2.45) is 7.05 Å². The highest BCUT2D eigenvalue weighted by atomic mass is 16.2. The molecule has 0 radical (unpaired) electrons. The molecule has 0 bridgehead atoms. The number of rotatable bonds is 3. The maximum atomic E-state index is 12.2. The summed E-state index contributed by atoms with van der Waals surface area (Å²) in [5.74, 6) is 1.43. The molecule has 1 fully saturated rings. The van der Waals surface area contributed by atoms with Crippen LogP contribution in [0.1, 0.15) is 21.7 Å². The Bertz CT molecular complexity index is 921. The van der Waals surface area contributed by atoms with E-state index in [4.69, 9.17) is 0 Å². The summed E-state index contributed by atoms with van der Waals surface area (Å²) in [5, 5.41) is 11.4. The van der Waals surface area contributed by atoms with E-state index in [1.165, 1.54) is 6.33 Å². The molecule has 1 amide bonds. The monoisotopic (exact) mass is 326 g/mol. The zero-order valence-electron chi connectivity index (χ0n) is 13.8. The van der Waals surface area contributed by atoms with Crippen LogP contribution in [0.3, 0.4) is 0 Å². The van der Waals surface area contributed by atoms with Crippen LogP contribution >= 0.6 is 0 Å². The van der Waals surface area contributed by atoms with Gasteiger partial charge < -0.3 is 10.2 Å². The third kappa shape index (κ3) is 2.29. The lowest BCUT2D eigenvalue weighted by molar-refractivity contribution is 0.0924. The predicted octanol–water partition coefficient (Wildman–Crippen LogP) is 0.0932. The van der Waals surface area contributed by atoms with E-state index in [0.717, 1.165) is 30.2 Å². The number of aryl methyl sites for hydroxylation is 2. The van der Waals surface area contributed by atoms with Crippen LogP contribution in [0.5, 0.6) is 0 Å². The first-order chi connectivity index (χ1) is 11.5. The molecule has 1 aliphatic rings. The molecule has 1 aliphatic heterocycles. The summed E-state index contributed by atoms with van der Waals surface area (Å²) in [7, 11) is 1.79. The first-order valence-electron chi connectivity index (χ1n) is 7.75. The number of anilines is 1. The molecule has 0 aromatic carbocycles. The van der Waals surface area contributed by atoms with Crippen LogP contribution in [-0.4, -0.2) is 54.4 Å². The average molecular weight is 326 g/mol. The van der Waals surface area contributed by atoms with Crippen molar-refractivity contribution in [3.63, 3.8) is 0 Å². The molecular formula is C15H18N8O. The van der Waals surface area contributed by atoms with Crippen molar-refractivity contribution in [1.29, 1.82) is 0 Å². The average Bonchev–Trinajstić information content (AvgIpc) is 3.13. The smallest absolute Gasteiger partial charge is 0.272 e. The van der Waals surface area contributed by atoms with Crippen molar-refractivity contribution >= 4 is 17.5 Å². The lowest BCUT2D eigenvalue weighted by Gasteiger charge is -2.41. The molecular weight excluding hydrogens is 308 g/mol. The molecule has 124 valence electrons. The van der Waals surface area contributed by atoms with Crippen molar-refractivity contribution in [2.75, 3.05) is 18.0 Å². The molecule has 0 aliphatic carbocycles. The minimum absolute atomic E-state index is 0.0888. The molecule has 0 unspecified atom stereocenters. The number of carbonyl (C=O) groups is 1. The second kappa shape index (κ2) is 5.29. The van der Waals surface area contributed by atoms with Crippen molar-refractivity contribution in [3.05, 3.63) is 35.5 Å². The zero-order valence-corrected chi connectivity index (χ0v) is 13.8. The summed E-state index contributed by atoms with van der Waals surface area (Å²) in [5.41, 5.74) is 2.44. The number of amides is 1. The summed E-state index contributed by atoms with van der Waals surface area (Å²) in [6, 6.07) is 1.80. The Labute approximate surface area is 138 Å². The van der Waals surface area contributed by atoms with Gasteiger partial charge in [0.1, 0.15) is 17.8 Å². The van der Waals surface area contributed by atoms with Gasteiger partial charge in [0.05, 0.1) is 6.04 Å². The number of hydrogen-bond acceptors (Lipinski definition) is 6. The van der Waals surface area contributed by atoms with Gasteiger partial charge in [0, 0.05) is 37.6 Å². The van der Waals surface area contributed by atoms with Crippen LogP contribution in [0.25, 0.3) is 5.78 Å². The molecule has 3 aromatic rings. The van der Waals surface area contributed by atoms with E-state index in [9.17, 15) is 4.79 Å². The molecule has 3 aromatic heterocycles. The second-order valence-electron chi connectivity index (χ2n) is 6.07. The van der Waals surface area contributed by atoms with Crippen LogP contribution in [0, 0.1) is 13.8 Å². The van der Waals surface area contributed by atoms with Gasteiger partial charge in [0.25, 0.3) is 11.7 Å². The van der Waals surface area contributed by atoms with Gasteiger partial charge in [-0.05, 0) is 19.9 Å². The Morgan fingerprint density at radius 2 is 2.12 bits per heavy atom. The van der Waals surface area contributed by atoms with Crippen molar-refractivity contribution < 1.29 is 4.79 Å². The highest BCUT2D eigenvalue weighted by Crippen LogP contribution is 2.26. The third-order valence-corrected chi connectivity index (χ3v) is 4.34. The summed E-state index contributed by atoms with van der Waals surface area (Å²) in [6.07, 6.45) is 3.26. The molecule has 0 atom stereocenters. The van der Waals surface area contributed by atoms with Gasteiger partial charge in [-0.2, -0.15) is 19.7 Å². The molecule has 1 N–H and O–H groups in total. The highest BCUT2D eigenvalue weighted by molar-refractivity contribution is 5.92. The molecule has 0 spiro atoms. The first kappa shape index (κ1) is 14.6. The largest absolute Gasteiger partial charge is 0.352 e. The van der Waals surface area contributed by atoms with Crippen LogP contribution in [0.4, 0.5) is 5.82 Å². The van der Waals surface area contributed by atoms with E-state index in [2.05, 4.69) is 30.4 Å². The number of nitrogens with zero attached hydrogens (tertiary/aromatic N) is 7. The number of carbonyl (C=O) groups excluding carboxylic acids is 1. The highest BCUT2D eigenvalue weighted by Gasteiger charge is 2.32. The van der Waals surface area contributed by atoms with Crippen molar-refractivity contribution in [1.82, 2.24) is 34.7 Å². The van der Waals surface area contributed by atoms with Gasteiger partial charge in [0.2, 0.25) is 0 Å². The Kier molecular flexibility index (Phi) is 3.22. The summed E-state index contributed by atoms with van der Waals surface area (Å²) < 4.78 is 3.37. The lowest BCUT2D eigenvalue weighted by Crippen LogP contribution is -2.60. The van der Waals surface area contributed by atoms with Crippen molar-refractivity contribution in [2.45, 2.75) is 19.9 Å². The normalized spacial score (nSPS) is 14.9. The SMILES string of the molecule is Cc1nc2ncnn2c(N2CC(NC(=O)c3ccn(C)n3)C2)c1C. The van der Waals surface area contributed by atoms with Gasteiger partial charge in [-0.15, -0.1) is 0 Å². The molecule has 24 heavy (non-hydrogen) atoms. The van der Waals surface area contributed by atoms with E-state index in [0.29, 0.717) is 11.5 Å². The van der Waals surface area contributed by atoms with Gasteiger partial charge in [-0.1, -0.05) is 0 Å². The topological polar surface area (TPSA) is 93.2 Å². The summed E-state index contributed by atoms with van der Waals surface area (Å²) in [4.78, 5) is 22.9. The van der Waals surface area contributed by atoms with Crippen molar-refractivity contribution in [3.8, 4) is 0 Å². The number of fused-ring (bicyclic) bond motifs is 1. The molecule has 9 heteroatoms. The Hall–Kier alpha value is -2.97. The fourth-order valence-corrected chi connectivity index (χ4v) is 2.93. The maximum Gasteiger partial charge on any atom is 0.272 e. The summed E-state index contributed by atoms with van der Waals surface area (Å²) >= 11 is 0. The Morgan fingerprint density at radius 3 is 2.83 bits per heavy atom. The zero-order chi connectivity index (χ0) is 16.8. The molecule has 1 saturated heterocycles. The van der Waals surface area contributed by atoms with Gasteiger partial charge in [0.15, 0.2) is 0 Å². The molecule has 0 saturated carbocycles. The fourth-order valence-electron chi connectivity index (χ4n) is 2.93. The van der Waals surface area contributed by atoms with Crippen LogP contribution in [0.15, 0.2) is 18.6 Å². The third-order valence-electron chi connectivity index (χ3n) is 4.34. The minimum Gasteiger partial charge on any atom is -0.352 e. The lowest BCUT2D eigenvalue weighted by atomic mass is 10.1. The standard InChI is InChI=1S/C15H18N8O/c1-9-10(2)18-15-16-8-17-23(15)14(9)22-6-11(7-22)19-13(24)12-4-5-21(3)20-12/h4-5,8,11H,6-7H2,1-3H3,(H,19,24). The quantitative estimate of drug-likeness (QED) is 0.733. The van der Waals surface area contributed by atoms with Gasteiger partial charge >= 0.3 is 0 Å². The Balaban J connectivity index is 1.49. The van der Waals surface area contributed by atoms with Crippen LogP contribution < -0.4 is 10.2 Å². The van der Waals surface area contributed by atoms with E-state index in [1.54, 1.807) is 28.5 Å². The minimum atomic E-state index is -0.145. The van der Waals surface area contributed by atoms with E-state index < -0.39 is 0 Å². The fraction of sp³-hybridized carbons (Fsp3) is 0.400. The number of aromatic nitrogens is 6. The molecule has 9 nitrogen and oxygen atoms in total. The van der Waals surface area contributed by atoms with E-state index in [1.807, 2.05) is 13.8 Å². The van der Waals surface area contributed by atoms with E-state index >= 15 is 0 Å². The predicted molar refractivity (Wildman–Crippen MR) is 86.9 cm³/mol. The van der Waals surface area contributed by atoms with Crippen LogP contribution in [0.2, 0.25) is 0 Å². The summed E-state index contributed by atoms with van der Waals surface area (Å²) in [6.45, 7) is 5.43. The first-order valence-corrected chi connectivity index (χ1v) is 7.75. The van der Waals surface area contributed by atoms with Gasteiger partial charge in [-0.25, -0.2) is 4.98 Å². The van der Waals surface area contributed by atoms with Crippen LogP contribution in [-0.2, 0) is 7.05 Å². The van der Waals surface area contributed by atoms with E-state index in [-0.39, 0.29) is 11.9 Å². The second-order valence-corrected chi connectivity index (χ2v) is 6.07. The van der Waals surface area contributed by atoms with Gasteiger partial charge in [-0.3, -0.25) is 9.48 Å². The number of nitrogens with one attached hydrogen (secondary N) is 1.